The van der Waals surface area contributed by atoms with E-state index >= 15 is 0 Å². The van der Waals surface area contributed by atoms with Crippen LogP contribution in [0.4, 0.5) is 0 Å². The molecular formula is C14H21ClN2. The second-order valence-corrected chi connectivity index (χ2v) is 5.52. The van der Waals surface area contributed by atoms with E-state index < -0.39 is 0 Å². The highest BCUT2D eigenvalue weighted by Gasteiger charge is 2.19. The summed E-state index contributed by atoms with van der Waals surface area (Å²) < 4.78 is 0. The second-order valence-electron chi connectivity index (χ2n) is 5.08. The topological polar surface area (TPSA) is 38.0 Å². The number of hydrazine groups is 1. The van der Waals surface area contributed by atoms with Crippen LogP contribution in [0.3, 0.4) is 0 Å². The summed E-state index contributed by atoms with van der Waals surface area (Å²) in [6.45, 7) is 0. The molecule has 0 radical (unpaired) electrons. The number of hydrogen-bond acceptors (Lipinski definition) is 2. The lowest BCUT2D eigenvalue weighted by molar-refractivity contribution is 0.389. The molecule has 2 nitrogen and oxygen atoms in total. The van der Waals surface area contributed by atoms with Gasteiger partial charge in [-0.05, 0) is 36.5 Å². The molecule has 1 aromatic carbocycles. The SMILES string of the molecule is NNC(Cc1cccc(Cl)c1)CC1CCCC1. The smallest absolute Gasteiger partial charge is 0.0408 e. The lowest BCUT2D eigenvalue weighted by Gasteiger charge is -2.19. The number of benzene rings is 1. The molecule has 17 heavy (non-hydrogen) atoms. The minimum Gasteiger partial charge on any atom is -0.271 e. The van der Waals surface area contributed by atoms with Crippen LogP contribution in [0.1, 0.15) is 37.7 Å². The molecule has 0 aliphatic heterocycles. The third kappa shape index (κ3) is 3.98. The molecule has 0 saturated heterocycles. The molecule has 1 atom stereocenters. The highest BCUT2D eigenvalue weighted by atomic mass is 35.5. The van der Waals surface area contributed by atoms with Crippen molar-refractivity contribution in [1.29, 1.82) is 0 Å². The van der Waals surface area contributed by atoms with Gasteiger partial charge in [0.1, 0.15) is 0 Å². The molecule has 2 rings (SSSR count). The molecule has 0 heterocycles. The van der Waals surface area contributed by atoms with Crippen LogP contribution in [0.15, 0.2) is 24.3 Å². The average molecular weight is 253 g/mol. The van der Waals surface area contributed by atoms with E-state index in [0.717, 1.165) is 17.4 Å². The highest BCUT2D eigenvalue weighted by molar-refractivity contribution is 6.30. The van der Waals surface area contributed by atoms with E-state index in [1.54, 1.807) is 0 Å². The van der Waals surface area contributed by atoms with Gasteiger partial charge in [-0.15, -0.1) is 0 Å². The number of nitrogens with two attached hydrogens (primary N) is 1. The zero-order valence-electron chi connectivity index (χ0n) is 10.2. The van der Waals surface area contributed by atoms with Gasteiger partial charge in [-0.3, -0.25) is 11.3 Å². The van der Waals surface area contributed by atoms with Gasteiger partial charge in [0.2, 0.25) is 0 Å². The van der Waals surface area contributed by atoms with Crippen molar-refractivity contribution in [2.24, 2.45) is 11.8 Å². The van der Waals surface area contributed by atoms with Gasteiger partial charge >= 0.3 is 0 Å². The van der Waals surface area contributed by atoms with Gasteiger partial charge < -0.3 is 0 Å². The summed E-state index contributed by atoms with van der Waals surface area (Å²) in [5.41, 5.74) is 4.22. The monoisotopic (exact) mass is 252 g/mol. The Kier molecular flexibility index (Phi) is 4.84. The predicted molar refractivity (Wildman–Crippen MR) is 72.8 cm³/mol. The molecule has 1 fully saturated rings. The molecule has 1 aromatic rings. The quantitative estimate of drug-likeness (QED) is 0.623. The first kappa shape index (κ1) is 12.9. The molecule has 1 unspecified atom stereocenters. The molecule has 3 N–H and O–H groups in total. The number of hydrogen-bond donors (Lipinski definition) is 2. The van der Waals surface area contributed by atoms with E-state index in [1.807, 2.05) is 18.2 Å². The Balaban J connectivity index is 1.90. The standard InChI is InChI=1S/C14H21ClN2/c15-13-7-3-6-12(8-13)10-14(17-16)9-11-4-1-2-5-11/h3,6-8,11,14,17H,1-2,4-5,9-10,16H2. The molecule has 0 bridgehead atoms. The molecule has 0 spiro atoms. The average Bonchev–Trinajstić information content (AvgIpc) is 2.81. The molecule has 1 aliphatic rings. The van der Waals surface area contributed by atoms with E-state index in [0.29, 0.717) is 6.04 Å². The first-order chi connectivity index (χ1) is 8.28. The van der Waals surface area contributed by atoms with Gasteiger partial charge in [-0.1, -0.05) is 49.4 Å². The van der Waals surface area contributed by atoms with Crippen molar-refractivity contribution in [1.82, 2.24) is 5.43 Å². The molecule has 1 saturated carbocycles. The van der Waals surface area contributed by atoms with Gasteiger partial charge in [0.25, 0.3) is 0 Å². The van der Waals surface area contributed by atoms with Crippen LogP contribution in [0.5, 0.6) is 0 Å². The Morgan fingerprint density at radius 2 is 2.12 bits per heavy atom. The van der Waals surface area contributed by atoms with Gasteiger partial charge in [0.15, 0.2) is 0 Å². The maximum absolute atomic E-state index is 5.99. The zero-order valence-corrected chi connectivity index (χ0v) is 10.9. The fourth-order valence-electron chi connectivity index (χ4n) is 2.81. The molecule has 3 heteroatoms. The second kappa shape index (κ2) is 6.39. The van der Waals surface area contributed by atoms with E-state index in [2.05, 4.69) is 11.5 Å². The summed E-state index contributed by atoms with van der Waals surface area (Å²) in [6.07, 6.45) is 7.66. The summed E-state index contributed by atoms with van der Waals surface area (Å²) in [7, 11) is 0. The van der Waals surface area contributed by atoms with Crippen molar-refractivity contribution in [2.75, 3.05) is 0 Å². The van der Waals surface area contributed by atoms with E-state index in [1.165, 1.54) is 37.7 Å². The Morgan fingerprint density at radius 1 is 1.35 bits per heavy atom. The fourth-order valence-corrected chi connectivity index (χ4v) is 3.02. The first-order valence-electron chi connectivity index (χ1n) is 6.48. The van der Waals surface area contributed by atoms with Crippen LogP contribution in [-0.2, 0) is 6.42 Å². The minimum atomic E-state index is 0.372. The summed E-state index contributed by atoms with van der Waals surface area (Å²) in [4.78, 5) is 0. The Morgan fingerprint density at radius 3 is 2.76 bits per heavy atom. The molecule has 94 valence electrons. The Bertz CT molecular complexity index is 348. The van der Waals surface area contributed by atoms with E-state index in [4.69, 9.17) is 17.4 Å². The zero-order chi connectivity index (χ0) is 12.1. The summed E-state index contributed by atoms with van der Waals surface area (Å²) in [5.74, 6) is 6.51. The third-order valence-electron chi connectivity index (χ3n) is 3.70. The van der Waals surface area contributed by atoms with Crippen molar-refractivity contribution < 1.29 is 0 Å². The van der Waals surface area contributed by atoms with Gasteiger partial charge in [-0.25, -0.2) is 0 Å². The first-order valence-corrected chi connectivity index (χ1v) is 6.86. The summed E-state index contributed by atoms with van der Waals surface area (Å²) >= 11 is 5.99. The van der Waals surface area contributed by atoms with Crippen molar-refractivity contribution in [3.05, 3.63) is 34.9 Å². The van der Waals surface area contributed by atoms with Crippen LogP contribution in [0.2, 0.25) is 5.02 Å². The van der Waals surface area contributed by atoms with Crippen LogP contribution in [0.25, 0.3) is 0 Å². The van der Waals surface area contributed by atoms with E-state index in [-0.39, 0.29) is 0 Å². The molecule has 1 aliphatic carbocycles. The van der Waals surface area contributed by atoms with Crippen LogP contribution < -0.4 is 11.3 Å². The molecule has 0 amide bonds. The van der Waals surface area contributed by atoms with Crippen molar-refractivity contribution >= 4 is 11.6 Å². The largest absolute Gasteiger partial charge is 0.271 e. The van der Waals surface area contributed by atoms with Crippen molar-refractivity contribution in [2.45, 2.75) is 44.6 Å². The summed E-state index contributed by atoms with van der Waals surface area (Å²) in [6, 6.07) is 8.43. The molecular weight excluding hydrogens is 232 g/mol. The predicted octanol–water partition coefficient (Wildman–Crippen LogP) is 3.29. The van der Waals surface area contributed by atoms with Gasteiger partial charge in [0, 0.05) is 11.1 Å². The highest BCUT2D eigenvalue weighted by Crippen LogP contribution is 2.29. The van der Waals surface area contributed by atoms with Gasteiger partial charge in [0.05, 0.1) is 0 Å². The third-order valence-corrected chi connectivity index (χ3v) is 3.93. The number of halogens is 1. The number of rotatable bonds is 5. The number of nitrogens with one attached hydrogen (secondary N) is 1. The van der Waals surface area contributed by atoms with Crippen LogP contribution in [0, 0.1) is 5.92 Å². The molecule has 0 aromatic heterocycles. The lowest BCUT2D eigenvalue weighted by Crippen LogP contribution is -2.38. The normalized spacial score (nSPS) is 18.5. The Labute approximate surface area is 109 Å². The van der Waals surface area contributed by atoms with Crippen LogP contribution in [-0.4, -0.2) is 6.04 Å². The fraction of sp³-hybridized carbons (Fsp3) is 0.571. The summed E-state index contributed by atoms with van der Waals surface area (Å²) in [5, 5.41) is 0.805. The van der Waals surface area contributed by atoms with Crippen molar-refractivity contribution in [3.63, 3.8) is 0 Å². The minimum absolute atomic E-state index is 0.372. The van der Waals surface area contributed by atoms with Crippen LogP contribution >= 0.6 is 11.6 Å². The maximum atomic E-state index is 5.99. The maximum Gasteiger partial charge on any atom is 0.0408 e. The Hall–Kier alpha value is -0.570. The lowest BCUT2D eigenvalue weighted by atomic mass is 9.94. The van der Waals surface area contributed by atoms with E-state index in [9.17, 15) is 0 Å². The van der Waals surface area contributed by atoms with Crippen molar-refractivity contribution in [3.8, 4) is 0 Å². The van der Waals surface area contributed by atoms with Gasteiger partial charge in [-0.2, -0.15) is 0 Å².